The molecule has 1 aliphatic heterocycles. The van der Waals surface area contributed by atoms with Gasteiger partial charge >= 0.3 is 0 Å². The molecule has 0 radical (unpaired) electrons. The van der Waals surface area contributed by atoms with E-state index in [4.69, 9.17) is 9.72 Å². The van der Waals surface area contributed by atoms with Crippen LogP contribution in [0.15, 0.2) is 88.9 Å². The number of aromatic amines is 1. The number of rotatable bonds is 9. The molecule has 2 aromatic heterocycles. The number of hydrogen-bond acceptors (Lipinski definition) is 6. The first-order valence-corrected chi connectivity index (χ1v) is 14.3. The molecule has 3 aromatic carbocycles. The fourth-order valence-electron chi connectivity index (χ4n) is 4.98. The van der Waals surface area contributed by atoms with Gasteiger partial charge in [-0.05, 0) is 42.7 Å². The summed E-state index contributed by atoms with van der Waals surface area (Å²) in [4.78, 5) is 47.7. The first-order valence-electron chi connectivity index (χ1n) is 13.3. The summed E-state index contributed by atoms with van der Waals surface area (Å²) in [5, 5.41) is 4.62. The summed E-state index contributed by atoms with van der Waals surface area (Å²) in [7, 11) is 0. The maximum absolute atomic E-state index is 13.7. The number of fused-ring (bicyclic) bond motifs is 2. The average Bonchev–Trinajstić information content (AvgIpc) is 3.67. The minimum atomic E-state index is -0.239. The van der Waals surface area contributed by atoms with Gasteiger partial charge in [-0.2, -0.15) is 0 Å². The molecule has 3 heterocycles. The summed E-state index contributed by atoms with van der Waals surface area (Å²) < 4.78 is 7.20. The van der Waals surface area contributed by atoms with E-state index in [2.05, 4.69) is 10.3 Å². The maximum atomic E-state index is 13.7. The fraction of sp³-hybridized carbons (Fsp3) is 0.226. The Morgan fingerprint density at radius 3 is 2.70 bits per heavy atom. The molecule has 9 heteroatoms. The summed E-state index contributed by atoms with van der Waals surface area (Å²) in [6, 6.07) is 22.3. The predicted octanol–water partition coefficient (Wildman–Crippen LogP) is 4.81. The number of H-pyrrole nitrogens is 1. The van der Waals surface area contributed by atoms with Crippen LogP contribution >= 0.6 is 11.8 Å². The van der Waals surface area contributed by atoms with Crippen molar-refractivity contribution in [3.63, 3.8) is 0 Å². The van der Waals surface area contributed by atoms with E-state index in [-0.39, 0.29) is 29.1 Å². The molecular weight excluding hydrogens is 524 g/mol. The molecule has 40 heavy (non-hydrogen) atoms. The van der Waals surface area contributed by atoms with Gasteiger partial charge in [0.25, 0.3) is 11.5 Å². The van der Waals surface area contributed by atoms with Crippen molar-refractivity contribution in [2.45, 2.75) is 30.6 Å². The first kappa shape index (κ1) is 26.0. The molecule has 2 N–H and O–H groups in total. The SMILES string of the molecule is O=C(NC[C@@H]1CCCO1)c1ccc2c(=O)n(Cc3ccccc3)c(SCC(=O)c3c[nH]c4ccccc34)nc2c1. The van der Waals surface area contributed by atoms with Gasteiger partial charge < -0.3 is 15.0 Å². The normalized spacial score (nSPS) is 15.1. The number of carbonyl (C=O) groups excluding carboxylic acids is 2. The Kier molecular flexibility index (Phi) is 7.48. The zero-order valence-corrected chi connectivity index (χ0v) is 22.6. The van der Waals surface area contributed by atoms with E-state index in [1.807, 2.05) is 54.6 Å². The summed E-state index contributed by atoms with van der Waals surface area (Å²) in [6.07, 6.45) is 3.68. The number of nitrogens with one attached hydrogen (secondary N) is 2. The molecule has 1 saturated heterocycles. The van der Waals surface area contributed by atoms with Gasteiger partial charge in [-0.3, -0.25) is 19.0 Å². The Bertz CT molecular complexity index is 1760. The van der Waals surface area contributed by atoms with Crippen molar-refractivity contribution in [3.8, 4) is 0 Å². The number of para-hydroxylation sites is 1. The molecule has 1 aliphatic rings. The summed E-state index contributed by atoms with van der Waals surface area (Å²) in [6.45, 7) is 1.48. The van der Waals surface area contributed by atoms with Gasteiger partial charge in [0.2, 0.25) is 0 Å². The maximum Gasteiger partial charge on any atom is 0.262 e. The van der Waals surface area contributed by atoms with E-state index in [9.17, 15) is 14.4 Å². The smallest absolute Gasteiger partial charge is 0.262 e. The number of aromatic nitrogens is 3. The highest BCUT2D eigenvalue weighted by Gasteiger charge is 2.19. The van der Waals surface area contributed by atoms with Gasteiger partial charge in [0.15, 0.2) is 10.9 Å². The second-order valence-corrected chi connectivity index (χ2v) is 10.8. The molecule has 0 saturated carbocycles. The summed E-state index contributed by atoms with van der Waals surface area (Å²) >= 11 is 1.22. The van der Waals surface area contributed by atoms with E-state index in [1.54, 1.807) is 29.0 Å². The molecule has 0 spiro atoms. The van der Waals surface area contributed by atoms with Gasteiger partial charge in [0, 0.05) is 41.4 Å². The van der Waals surface area contributed by atoms with Crippen LogP contribution in [-0.2, 0) is 11.3 Å². The van der Waals surface area contributed by atoms with E-state index < -0.39 is 0 Å². The molecule has 6 rings (SSSR count). The van der Waals surface area contributed by atoms with Crippen molar-refractivity contribution in [1.82, 2.24) is 19.9 Å². The number of benzene rings is 3. The zero-order chi connectivity index (χ0) is 27.5. The molecule has 1 fully saturated rings. The monoisotopic (exact) mass is 552 g/mol. The molecular formula is C31H28N4O4S. The standard InChI is InChI=1S/C31H28N4O4S/c36-28(25-17-32-26-11-5-4-10-23(25)26)19-40-31-34-27-15-21(29(37)33-16-22-9-6-14-39-22)12-13-24(27)30(38)35(31)18-20-7-2-1-3-8-20/h1-5,7-8,10-13,15,17,22,32H,6,9,14,16,18-19H2,(H,33,37)/t22-/m0/s1. The van der Waals surface area contributed by atoms with Gasteiger partial charge in [-0.25, -0.2) is 4.98 Å². The van der Waals surface area contributed by atoms with Gasteiger partial charge in [0.05, 0.1) is 29.3 Å². The van der Waals surface area contributed by atoms with Crippen molar-refractivity contribution < 1.29 is 14.3 Å². The van der Waals surface area contributed by atoms with Crippen molar-refractivity contribution >= 4 is 45.3 Å². The Morgan fingerprint density at radius 2 is 1.88 bits per heavy atom. The average molecular weight is 553 g/mol. The lowest BCUT2D eigenvalue weighted by molar-refractivity contribution is 0.0857. The van der Waals surface area contributed by atoms with E-state index >= 15 is 0 Å². The Balaban J connectivity index is 1.31. The van der Waals surface area contributed by atoms with E-state index in [0.717, 1.165) is 35.9 Å². The van der Waals surface area contributed by atoms with Crippen LogP contribution in [0.1, 0.15) is 39.1 Å². The molecule has 0 bridgehead atoms. The van der Waals surface area contributed by atoms with Crippen molar-refractivity contribution in [3.05, 3.63) is 106 Å². The third kappa shape index (κ3) is 5.43. The fourth-order valence-corrected chi connectivity index (χ4v) is 5.86. The van der Waals surface area contributed by atoms with Crippen LogP contribution in [0.3, 0.4) is 0 Å². The number of ether oxygens (including phenoxy) is 1. The second kappa shape index (κ2) is 11.5. The summed E-state index contributed by atoms with van der Waals surface area (Å²) in [5.74, 6) is -0.197. The van der Waals surface area contributed by atoms with Crippen LogP contribution in [0.5, 0.6) is 0 Å². The van der Waals surface area contributed by atoms with Gasteiger partial charge in [-0.15, -0.1) is 0 Å². The summed E-state index contributed by atoms with van der Waals surface area (Å²) in [5.41, 5.74) is 3.06. The highest BCUT2D eigenvalue weighted by molar-refractivity contribution is 7.99. The van der Waals surface area contributed by atoms with Crippen LogP contribution in [0.25, 0.3) is 21.8 Å². The highest BCUT2D eigenvalue weighted by atomic mass is 32.2. The van der Waals surface area contributed by atoms with Crippen LogP contribution in [-0.4, -0.2) is 51.2 Å². The van der Waals surface area contributed by atoms with Crippen molar-refractivity contribution in [2.24, 2.45) is 0 Å². The molecule has 1 amide bonds. The predicted molar refractivity (Wildman–Crippen MR) is 156 cm³/mol. The molecule has 8 nitrogen and oxygen atoms in total. The van der Waals surface area contributed by atoms with Crippen LogP contribution < -0.4 is 10.9 Å². The van der Waals surface area contributed by atoms with E-state index in [1.165, 1.54) is 11.8 Å². The minimum Gasteiger partial charge on any atom is -0.376 e. The van der Waals surface area contributed by atoms with Crippen LogP contribution in [0.4, 0.5) is 0 Å². The van der Waals surface area contributed by atoms with Crippen molar-refractivity contribution in [1.29, 1.82) is 0 Å². The number of Topliss-reactive ketones (excluding diaryl/α,β-unsaturated/α-hetero) is 1. The third-order valence-electron chi connectivity index (χ3n) is 7.10. The zero-order valence-electron chi connectivity index (χ0n) is 21.8. The molecule has 0 unspecified atom stereocenters. The van der Waals surface area contributed by atoms with Gasteiger partial charge in [0.1, 0.15) is 0 Å². The lowest BCUT2D eigenvalue weighted by Crippen LogP contribution is -2.31. The van der Waals surface area contributed by atoms with Gasteiger partial charge in [-0.1, -0.05) is 60.3 Å². The molecule has 5 aromatic rings. The lowest BCUT2D eigenvalue weighted by atomic mass is 10.1. The molecule has 202 valence electrons. The van der Waals surface area contributed by atoms with Crippen LogP contribution in [0.2, 0.25) is 0 Å². The first-order chi connectivity index (χ1) is 19.6. The lowest BCUT2D eigenvalue weighted by Gasteiger charge is -2.14. The second-order valence-electron chi connectivity index (χ2n) is 9.81. The Hall–Kier alpha value is -4.21. The molecule has 1 atom stereocenters. The number of carbonyl (C=O) groups is 2. The Morgan fingerprint density at radius 1 is 1.05 bits per heavy atom. The Labute approximate surface area is 234 Å². The quantitative estimate of drug-likeness (QED) is 0.154. The minimum absolute atomic E-state index is 0.0328. The number of thioether (sulfide) groups is 1. The largest absolute Gasteiger partial charge is 0.376 e. The van der Waals surface area contributed by atoms with E-state index in [0.29, 0.717) is 40.3 Å². The number of hydrogen-bond donors (Lipinski definition) is 2. The number of ketones is 1. The topological polar surface area (TPSA) is 106 Å². The number of nitrogens with zero attached hydrogens (tertiary/aromatic N) is 2. The third-order valence-corrected chi connectivity index (χ3v) is 8.08. The molecule has 0 aliphatic carbocycles. The highest BCUT2D eigenvalue weighted by Crippen LogP contribution is 2.24. The number of amides is 1. The van der Waals surface area contributed by atoms with Crippen molar-refractivity contribution in [2.75, 3.05) is 18.9 Å². The van der Waals surface area contributed by atoms with Crippen LogP contribution in [0, 0.1) is 0 Å².